The Morgan fingerprint density at radius 3 is 2.24 bits per heavy atom. The van der Waals surface area contributed by atoms with Gasteiger partial charge in [-0.05, 0) is 102 Å². The number of piperidine rings is 2. The summed E-state index contributed by atoms with van der Waals surface area (Å²) in [6, 6.07) is 17.7. The number of likely N-dealkylation sites (tertiary alicyclic amines) is 1. The topological polar surface area (TPSA) is 184 Å². The van der Waals surface area contributed by atoms with E-state index in [-0.39, 0.29) is 47.8 Å². The first-order valence-electron chi connectivity index (χ1n) is 22.1. The third-order valence-corrected chi connectivity index (χ3v) is 15.0. The lowest BCUT2D eigenvalue weighted by Gasteiger charge is -2.39. The van der Waals surface area contributed by atoms with Gasteiger partial charge in [-0.2, -0.15) is 0 Å². The average molecular weight is 841 g/mol. The second kappa shape index (κ2) is 14.8. The van der Waals surface area contributed by atoms with Crippen molar-refractivity contribution in [1.82, 2.24) is 40.4 Å². The predicted molar refractivity (Wildman–Crippen MR) is 228 cm³/mol. The van der Waals surface area contributed by atoms with Gasteiger partial charge in [0.25, 0.3) is 0 Å². The first-order valence-corrected chi connectivity index (χ1v) is 22.1. The van der Waals surface area contributed by atoms with Crippen LogP contribution in [0.15, 0.2) is 60.8 Å². The molecule has 0 radical (unpaired) electrons. The third kappa shape index (κ3) is 6.24. The first kappa shape index (κ1) is 38.9. The molecule has 4 aliphatic heterocycles. The van der Waals surface area contributed by atoms with Crippen molar-refractivity contribution in [3.05, 3.63) is 72.4 Å². The lowest BCUT2D eigenvalue weighted by Crippen LogP contribution is -2.55. The molecule has 4 N–H and O–H groups in total. The van der Waals surface area contributed by atoms with E-state index in [1.165, 1.54) is 14.2 Å². The van der Waals surface area contributed by atoms with Crippen LogP contribution in [-0.2, 0) is 23.8 Å². The van der Waals surface area contributed by atoms with Gasteiger partial charge in [0.05, 0.1) is 49.2 Å². The van der Waals surface area contributed by atoms with Crippen molar-refractivity contribution in [2.75, 3.05) is 27.4 Å². The van der Waals surface area contributed by atoms with E-state index >= 15 is 0 Å². The number of hydrogen-bond acceptors (Lipinski definition) is 9. The van der Waals surface area contributed by atoms with Gasteiger partial charge in [-0.25, -0.2) is 19.6 Å². The summed E-state index contributed by atoms with van der Waals surface area (Å²) in [6.45, 7) is 5.00. The van der Waals surface area contributed by atoms with Crippen molar-refractivity contribution in [2.24, 2.45) is 35.5 Å². The average Bonchev–Trinajstić information content (AvgIpc) is 3.74. The van der Waals surface area contributed by atoms with E-state index in [0.29, 0.717) is 49.7 Å². The van der Waals surface area contributed by atoms with E-state index < -0.39 is 24.3 Å². The maximum Gasteiger partial charge on any atom is 0.407 e. The smallest absolute Gasteiger partial charge is 0.407 e. The Morgan fingerprint density at radius 1 is 0.774 bits per heavy atom. The summed E-state index contributed by atoms with van der Waals surface area (Å²) in [5.74, 6) is 3.05. The van der Waals surface area contributed by atoms with Crippen LogP contribution in [0.25, 0.3) is 44.2 Å². The van der Waals surface area contributed by atoms with Crippen molar-refractivity contribution in [1.29, 1.82) is 0 Å². The molecule has 4 amide bonds. The third-order valence-electron chi connectivity index (χ3n) is 15.0. The number of rotatable bonds is 10. The van der Waals surface area contributed by atoms with Gasteiger partial charge in [0.1, 0.15) is 23.7 Å². The van der Waals surface area contributed by atoms with Gasteiger partial charge in [-0.15, -0.1) is 0 Å². The number of aromatic amines is 2. The first-order chi connectivity index (χ1) is 30.1. The Labute approximate surface area is 358 Å². The Kier molecular flexibility index (Phi) is 9.32. The normalized spacial score (nSPS) is 28.0. The van der Waals surface area contributed by atoms with Crippen molar-refractivity contribution < 1.29 is 33.4 Å². The lowest BCUT2D eigenvalue weighted by molar-refractivity contribution is -0.140. The number of fused-ring (bicyclic) bond motifs is 6. The monoisotopic (exact) mass is 840 g/mol. The van der Waals surface area contributed by atoms with Crippen molar-refractivity contribution in [2.45, 2.75) is 82.2 Å². The van der Waals surface area contributed by atoms with Crippen LogP contribution < -0.4 is 10.6 Å². The number of imidazole rings is 2. The highest BCUT2D eigenvalue weighted by Gasteiger charge is 2.86. The molecule has 4 bridgehead atoms. The Balaban J connectivity index is 0.817. The number of alkyl carbamates (subject to hydrolysis) is 2. The molecule has 3 aliphatic carbocycles. The molecule has 322 valence electrons. The van der Waals surface area contributed by atoms with Gasteiger partial charge in [0, 0.05) is 30.7 Å². The fourth-order valence-corrected chi connectivity index (χ4v) is 11.7. The van der Waals surface area contributed by atoms with Gasteiger partial charge in [0.15, 0.2) is 0 Å². The van der Waals surface area contributed by atoms with Gasteiger partial charge < -0.3 is 44.6 Å². The summed E-state index contributed by atoms with van der Waals surface area (Å²) in [5.41, 5.74) is 5.84. The van der Waals surface area contributed by atoms with Gasteiger partial charge in [0.2, 0.25) is 11.8 Å². The van der Waals surface area contributed by atoms with Crippen LogP contribution in [0.3, 0.4) is 0 Å². The number of hydrogen-bond donors (Lipinski definition) is 4. The summed E-state index contributed by atoms with van der Waals surface area (Å²) in [4.78, 5) is 74.0. The summed E-state index contributed by atoms with van der Waals surface area (Å²) >= 11 is 0. The summed E-state index contributed by atoms with van der Waals surface area (Å²) in [6.07, 6.45) is 4.97. The van der Waals surface area contributed by atoms with Crippen molar-refractivity contribution in [3.8, 4) is 22.4 Å². The minimum Gasteiger partial charge on any atom is -0.453 e. The Hall–Kier alpha value is -5.96. The number of amides is 4. The number of carbonyl (C=O) groups excluding carboxylic acids is 4. The molecular weight excluding hydrogens is 789 g/mol. The molecule has 7 fully saturated rings. The van der Waals surface area contributed by atoms with E-state index in [4.69, 9.17) is 24.2 Å². The molecule has 6 heterocycles. The summed E-state index contributed by atoms with van der Waals surface area (Å²) in [7, 11) is 2.64. The van der Waals surface area contributed by atoms with Crippen molar-refractivity contribution in [3.63, 3.8) is 0 Å². The SMILES string of the molecule is COC(=O)N[C@H](C(=O)N1[C@H](c2nc3ccc4cc(-c5ccc(-c6cnc([C@@H]7[C@H]8CC[C@H](C8)N7C(=O)[C@@H](NC(=O)OC)C7CCOCC7)[nH]6)cc5)ccc4c3[nH]2)C2C3[C@H]2[C@@H]31)C(C)C. The molecule has 5 aromatic rings. The largest absolute Gasteiger partial charge is 0.453 e. The number of H-pyrrole nitrogens is 2. The second-order valence-corrected chi connectivity index (χ2v) is 18.5. The zero-order chi connectivity index (χ0) is 42.6. The predicted octanol–water partition coefficient (Wildman–Crippen LogP) is 6.48. The standard InChI is InChI=1S/C47H52N8O7/c1-22(2)36(52-46(58)60-3)44(56)55-40-33-34(40)35(33)41(55)43-49-31-14-11-27-19-26(10-13-30(27)38(31)51-43)23-5-7-24(8-6-23)32-21-48-42(50-32)39-28-9-12-29(20-28)54(39)45(57)37(53-47(59)61-4)25-15-17-62-18-16-25/h5-8,10-11,13-14,19,21-22,25,28-29,33-37,39-41H,9,12,15-18,20H2,1-4H3,(H,48,50)(H,49,51)(H,52,58)(H,53,59)/t28-,29+,33+,34?,35?,36-,37-,39-,40-,41-/m0/s1. The number of nitrogens with one attached hydrogen (secondary N) is 4. The number of benzene rings is 3. The number of carbonyl (C=O) groups is 4. The number of aromatic nitrogens is 4. The maximum absolute atomic E-state index is 14.4. The molecule has 2 unspecified atom stereocenters. The Morgan fingerprint density at radius 2 is 1.50 bits per heavy atom. The lowest BCUT2D eigenvalue weighted by atomic mass is 9.89. The van der Waals surface area contributed by atoms with Gasteiger partial charge in [-0.1, -0.05) is 56.3 Å². The summed E-state index contributed by atoms with van der Waals surface area (Å²) < 4.78 is 15.3. The highest BCUT2D eigenvalue weighted by Crippen LogP contribution is 2.81. The molecule has 0 spiro atoms. The van der Waals surface area contributed by atoms with E-state index in [1.807, 2.05) is 35.9 Å². The van der Waals surface area contributed by atoms with Crippen LogP contribution >= 0.6 is 0 Å². The number of ether oxygens (including phenoxy) is 3. The molecule has 10 atom stereocenters. The number of nitrogens with zero attached hydrogens (tertiary/aromatic N) is 4. The maximum atomic E-state index is 14.4. The summed E-state index contributed by atoms with van der Waals surface area (Å²) in [5, 5.41) is 7.78. The van der Waals surface area contributed by atoms with Crippen LogP contribution in [-0.4, -0.2) is 105 Å². The molecule has 7 aliphatic rings. The molecule has 3 saturated carbocycles. The van der Waals surface area contributed by atoms with E-state index in [2.05, 4.69) is 69.1 Å². The molecule has 3 aromatic carbocycles. The molecule has 12 rings (SSSR count). The molecule has 15 nitrogen and oxygen atoms in total. The zero-order valence-electron chi connectivity index (χ0n) is 35.3. The van der Waals surface area contributed by atoms with Crippen LogP contribution in [0.4, 0.5) is 9.59 Å². The molecule has 4 saturated heterocycles. The quantitative estimate of drug-likeness (QED) is 0.122. The van der Waals surface area contributed by atoms with Crippen molar-refractivity contribution >= 4 is 45.8 Å². The van der Waals surface area contributed by atoms with Crippen LogP contribution in [0.5, 0.6) is 0 Å². The van der Waals surface area contributed by atoms with E-state index in [0.717, 1.165) is 75.1 Å². The van der Waals surface area contributed by atoms with Gasteiger partial charge in [-0.3, -0.25) is 9.59 Å². The Bertz CT molecular complexity index is 2590. The van der Waals surface area contributed by atoms with E-state index in [9.17, 15) is 19.2 Å². The van der Waals surface area contributed by atoms with Gasteiger partial charge >= 0.3 is 12.2 Å². The molecular formula is C47H52N8O7. The minimum absolute atomic E-state index is 0.0247. The second-order valence-electron chi connectivity index (χ2n) is 18.5. The van der Waals surface area contributed by atoms with Crippen LogP contribution in [0.2, 0.25) is 0 Å². The van der Waals surface area contributed by atoms with Crippen LogP contribution in [0.1, 0.15) is 69.7 Å². The highest BCUT2D eigenvalue weighted by molar-refractivity contribution is 6.05. The molecule has 2 aromatic heterocycles. The fraction of sp³-hybridized carbons (Fsp3) is 0.489. The fourth-order valence-electron chi connectivity index (χ4n) is 11.7. The zero-order valence-corrected chi connectivity index (χ0v) is 35.3. The minimum atomic E-state index is -0.679. The van der Waals surface area contributed by atoms with E-state index in [1.54, 1.807) is 0 Å². The highest BCUT2D eigenvalue weighted by atomic mass is 16.5. The van der Waals surface area contributed by atoms with Crippen LogP contribution in [0, 0.1) is 35.5 Å². The molecule has 62 heavy (non-hydrogen) atoms. The number of methoxy groups -OCH3 is 2. The molecule has 15 heteroatoms.